The number of non-ortho nitro benzene ring substituents is 1. The minimum Gasteiger partial charge on any atom is -0.363 e. The largest absolute Gasteiger partial charge is 0.363 e. The molecular formula is C24H21FN2O2. The Morgan fingerprint density at radius 1 is 1.00 bits per heavy atom. The van der Waals surface area contributed by atoms with E-state index in [-0.39, 0.29) is 34.3 Å². The van der Waals surface area contributed by atoms with Crippen molar-refractivity contribution in [2.75, 3.05) is 11.4 Å². The summed E-state index contributed by atoms with van der Waals surface area (Å²) in [5.41, 5.74) is 4.67. The molecule has 146 valence electrons. The Morgan fingerprint density at radius 3 is 2.45 bits per heavy atom. The van der Waals surface area contributed by atoms with Crippen LogP contribution in [0.1, 0.15) is 47.4 Å². The lowest BCUT2D eigenvalue weighted by atomic mass is 9.70. The van der Waals surface area contributed by atoms with Crippen LogP contribution in [0.4, 0.5) is 15.8 Å². The summed E-state index contributed by atoms with van der Waals surface area (Å²) < 4.78 is 13.6. The molecule has 4 aliphatic rings. The highest BCUT2D eigenvalue weighted by Gasteiger charge is 2.48. The van der Waals surface area contributed by atoms with E-state index in [1.165, 1.54) is 5.69 Å². The summed E-state index contributed by atoms with van der Waals surface area (Å²) >= 11 is 0. The molecular weight excluding hydrogens is 367 g/mol. The zero-order valence-electron chi connectivity index (χ0n) is 15.9. The van der Waals surface area contributed by atoms with Crippen LogP contribution in [0.25, 0.3) is 0 Å². The molecule has 29 heavy (non-hydrogen) atoms. The Balaban J connectivity index is 1.59. The lowest BCUT2D eigenvalue weighted by Crippen LogP contribution is -2.46. The van der Waals surface area contributed by atoms with E-state index in [1.54, 1.807) is 24.3 Å². The van der Waals surface area contributed by atoms with E-state index in [0.29, 0.717) is 11.8 Å². The van der Waals surface area contributed by atoms with Gasteiger partial charge in [-0.15, -0.1) is 0 Å². The van der Waals surface area contributed by atoms with Crippen LogP contribution in [0.3, 0.4) is 0 Å². The molecule has 6 rings (SSSR count). The molecule has 0 fully saturated rings. The predicted molar refractivity (Wildman–Crippen MR) is 110 cm³/mol. The van der Waals surface area contributed by atoms with Crippen LogP contribution in [0, 0.1) is 27.8 Å². The maximum absolute atomic E-state index is 13.6. The standard InChI is InChI=1S/C24H21FN2O2/c25-16-9-7-14(8-10-16)23-20-6-2-5-19(20)22-12-17(27(28)29)11-21-18-4-1-3-15(18)13-26(23)24(21)22/h1-2,4-5,7-12,15,18-20,23H,3,6,13H2/t15-,18-,19-,20+,23+/m1/s1. The van der Waals surface area contributed by atoms with Crippen LogP contribution in [0.2, 0.25) is 0 Å². The Morgan fingerprint density at radius 2 is 1.69 bits per heavy atom. The topological polar surface area (TPSA) is 46.4 Å². The highest BCUT2D eigenvalue weighted by Crippen LogP contribution is 2.59. The Bertz CT molecular complexity index is 1060. The summed E-state index contributed by atoms with van der Waals surface area (Å²) in [5, 5.41) is 11.7. The molecule has 0 aromatic heterocycles. The van der Waals surface area contributed by atoms with Crippen molar-refractivity contribution in [2.24, 2.45) is 11.8 Å². The molecule has 4 nitrogen and oxygen atoms in total. The number of halogens is 1. The van der Waals surface area contributed by atoms with Gasteiger partial charge in [0.1, 0.15) is 5.82 Å². The van der Waals surface area contributed by atoms with Crippen molar-refractivity contribution in [3.63, 3.8) is 0 Å². The summed E-state index contributed by atoms with van der Waals surface area (Å²) in [6, 6.07) is 10.6. The van der Waals surface area contributed by atoms with Gasteiger partial charge in [-0.05, 0) is 53.5 Å². The average Bonchev–Trinajstić information content (AvgIpc) is 3.38. The second-order valence-electron chi connectivity index (χ2n) is 8.68. The van der Waals surface area contributed by atoms with E-state index < -0.39 is 0 Å². The van der Waals surface area contributed by atoms with Crippen molar-refractivity contribution < 1.29 is 9.31 Å². The molecule has 2 aromatic carbocycles. The average molecular weight is 388 g/mol. The number of nitro groups is 1. The van der Waals surface area contributed by atoms with E-state index in [0.717, 1.165) is 36.1 Å². The van der Waals surface area contributed by atoms with Gasteiger partial charge in [0.2, 0.25) is 0 Å². The number of nitro benzene ring substituents is 1. The molecule has 0 spiro atoms. The van der Waals surface area contributed by atoms with E-state index >= 15 is 0 Å². The van der Waals surface area contributed by atoms with Crippen molar-refractivity contribution in [3.8, 4) is 0 Å². The molecule has 2 heterocycles. The fraction of sp³-hybridized carbons (Fsp3) is 0.333. The fourth-order valence-corrected chi connectivity index (χ4v) is 6.10. The molecule has 5 heteroatoms. The van der Waals surface area contributed by atoms with E-state index in [4.69, 9.17) is 0 Å². The van der Waals surface area contributed by atoms with Gasteiger partial charge in [-0.1, -0.05) is 36.4 Å². The van der Waals surface area contributed by atoms with Crippen LogP contribution < -0.4 is 4.90 Å². The first-order chi connectivity index (χ1) is 14.1. The quantitative estimate of drug-likeness (QED) is 0.381. The van der Waals surface area contributed by atoms with Gasteiger partial charge >= 0.3 is 0 Å². The third-order valence-corrected chi connectivity index (χ3v) is 7.26. The molecule has 0 unspecified atom stereocenters. The third kappa shape index (κ3) is 2.36. The van der Waals surface area contributed by atoms with Gasteiger partial charge < -0.3 is 4.90 Å². The molecule has 0 saturated carbocycles. The minimum absolute atomic E-state index is 0.157. The zero-order valence-corrected chi connectivity index (χ0v) is 15.9. The first-order valence-electron chi connectivity index (χ1n) is 10.3. The van der Waals surface area contributed by atoms with Gasteiger partial charge in [-0.3, -0.25) is 10.1 Å². The SMILES string of the molecule is O=[N+]([O-])c1cc2c3c(c1)[C@@H]1C=CC[C@@H]1[C@H](c1ccc(F)cc1)N3C[C@H]1CC=C[C@@H]21. The van der Waals surface area contributed by atoms with Gasteiger partial charge in [-0.25, -0.2) is 4.39 Å². The van der Waals surface area contributed by atoms with Crippen molar-refractivity contribution in [3.05, 3.63) is 93.3 Å². The number of nitrogens with zero attached hydrogens (tertiary/aromatic N) is 2. The number of anilines is 1. The van der Waals surface area contributed by atoms with Crippen molar-refractivity contribution >= 4 is 11.4 Å². The molecule has 0 radical (unpaired) electrons. The monoisotopic (exact) mass is 388 g/mol. The molecule has 5 atom stereocenters. The zero-order chi connectivity index (χ0) is 19.7. The highest BCUT2D eigenvalue weighted by molar-refractivity contribution is 5.72. The Hall–Kier alpha value is -2.95. The van der Waals surface area contributed by atoms with E-state index in [1.807, 2.05) is 12.1 Å². The number of allylic oxidation sites excluding steroid dienone is 4. The molecule has 0 saturated heterocycles. The first-order valence-corrected chi connectivity index (χ1v) is 10.3. The van der Waals surface area contributed by atoms with Gasteiger partial charge in [0.05, 0.1) is 11.0 Å². The lowest BCUT2D eigenvalue weighted by molar-refractivity contribution is -0.385. The molecule has 2 aromatic rings. The molecule has 0 N–H and O–H groups in total. The predicted octanol–water partition coefficient (Wildman–Crippen LogP) is 5.63. The third-order valence-electron chi connectivity index (χ3n) is 7.26. The summed E-state index contributed by atoms with van der Waals surface area (Å²) in [7, 11) is 0. The molecule has 2 aliphatic heterocycles. The number of rotatable bonds is 2. The lowest BCUT2D eigenvalue weighted by Gasteiger charge is -2.51. The fourth-order valence-electron chi connectivity index (χ4n) is 6.10. The van der Waals surface area contributed by atoms with Crippen molar-refractivity contribution in [1.82, 2.24) is 0 Å². The van der Waals surface area contributed by atoms with Crippen LogP contribution in [0.5, 0.6) is 0 Å². The maximum Gasteiger partial charge on any atom is 0.270 e. The number of benzene rings is 2. The van der Waals surface area contributed by atoms with Crippen LogP contribution in [-0.2, 0) is 0 Å². The normalized spacial score (nSPS) is 30.8. The highest BCUT2D eigenvalue weighted by atomic mass is 19.1. The summed E-state index contributed by atoms with van der Waals surface area (Å²) in [5.74, 6) is 0.939. The summed E-state index contributed by atoms with van der Waals surface area (Å²) in [6.07, 6.45) is 10.8. The Labute approximate surface area is 168 Å². The summed E-state index contributed by atoms with van der Waals surface area (Å²) in [4.78, 5) is 13.9. The van der Waals surface area contributed by atoms with Gasteiger partial charge in [0.15, 0.2) is 0 Å². The van der Waals surface area contributed by atoms with Gasteiger partial charge in [0, 0.05) is 36.2 Å². The van der Waals surface area contributed by atoms with Crippen molar-refractivity contribution in [1.29, 1.82) is 0 Å². The minimum atomic E-state index is -0.261. The second-order valence-corrected chi connectivity index (χ2v) is 8.68. The van der Waals surface area contributed by atoms with E-state index in [9.17, 15) is 14.5 Å². The molecule has 0 bridgehead atoms. The maximum atomic E-state index is 13.6. The number of fused-ring (bicyclic) bond motifs is 4. The number of hydrogen-bond donors (Lipinski definition) is 0. The van der Waals surface area contributed by atoms with Gasteiger partial charge in [-0.2, -0.15) is 0 Å². The summed E-state index contributed by atoms with van der Waals surface area (Å²) in [6.45, 7) is 0.931. The second kappa shape index (κ2) is 6.02. The van der Waals surface area contributed by atoms with Crippen LogP contribution in [-0.4, -0.2) is 11.5 Å². The Kier molecular flexibility index (Phi) is 3.52. The van der Waals surface area contributed by atoms with Crippen LogP contribution >= 0.6 is 0 Å². The smallest absolute Gasteiger partial charge is 0.270 e. The first kappa shape index (κ1) is 17.0. The van der Waals surface area contributed by atoms with Crippen molar-refractivity contribution in [2.45, 2.75) is 30.7 Å². The molecule has 2 aliphatic carbocycles. The number of hydrogen-bond acceptors (Lipinski definition) is 3. The van der Waals surface area contributed by atoms with Crippen LogP contribution in [0.15, 0.2) is 60.7 Å². The van der Waals surface area contributed by atoms with E-state index in [2.05, 4.69) is 29.2 Å². The molecule has 0 amide bonds. The van der Waals surface area contributed by atoms with Gasteiger partial charge in [0.25, 0.3) is 5.69 Å².